The fourth-order valence-corrected chi connectivity index (χ4v) is 1.87. The minimum absolute atomic E-state index is 0. The first kappa shape index (κ1) is 20.1. The summed E-state index contributed by atoms with van der Waals surface area (Å²) in [6.07, 6.45) is -4.63. The molecule has 0 aromatic heterocycles. The van der Waals surface area contributed by atoms with Gasteiger partial charge in [0, 0.05) is 0 Å². The lowest BCUT2D eigenvalue weighted by atomic mass is 9.95. The van der Waals surface area contributed by atoms with Gasteiger partial charge in [-0.15, -0.1) is 12.4 Å². The van der Waals surface area contributed by atoms with E-state index in [0.29, 0.717) is 24.8 Å². The van der Waals surface area contributed by atoms with Crippen LogP contribution < -0.4 is 5.73 Å². The van der Waals surface area contributed by atoms with Crippen LogP contribution in [0.15, 0.2) is 18.2 Å². The van der Waals surface area contributed by atoms with Crippen molar-refractivity contribution in [1.82, 2.24) is 0 Å². The highest BCUT2D eigenvalue weighted by atomic mass is 35.5. The van der Waals surface area contributed by atoms with Crippen molar-refractivity contribution >= 4 is 12.4 Å². The number of aliphatic hydroxyl groups is 1. The average Bonchev–Trinajstić information content (AvgIpc) is 2.34. The molecule has 2 nitrogen and oxygen atoms in total. The number of alkyl halides is 3. The molecule has 0 aliphatic carbocycles. The number of benzene rings is 1. The first-order valence-corrected chi connectivity index (χ1v) is 6.43. The molecule has 1 aromatic carbocycles. The topological polar surface area (TPSA) is 46.2 Å². The summed E-state index contributed by atoms with van der Waals surface area (Å²) in [6.45, 7) is 3.94. The summed E-state index contributed by atoms with van der Waals surface area (Å²) in [4.78, 5) is 0. The molecule has 1 rings (SSSR count). The maximum atomic E-state index is 13.2. The lowest BCUT2D eigenvalue weighted by Gasteiger charge is -2.21. The van der Waals surface area contributed by atoms with E-state index in [-0.39, 0.29) is 18.0 Å². The van der Waals surface area contributed by atoms with Crippen molar-refractivity contribution in [3.8, 4) is 0 Å². The molecular weight excluding hydrogens is 310 g/mol. The highest BCUT2D eigenvalue weighted by molar-refractivity contribution is 5.85. The van der Waals surface area contributed by atoms with Crippen LogP contribution in [-0.4, -0.2) is 11.2 Å². The fourth-order valence-electron chi connectivity index (χ4n) is 1.87. The number of rotatable bonds is 5. The molecule has 0 saturated carbocycles. The summed E-state index contributed by atoms with van der Waals surface area (Å²) >= 11 is 0. The van der Waals surface area contributed by atoms with Crippen LogP contribution in [0.2, 0.25) is 0 Å². The summed E-state index contributed by atoms with van der Waals surface area (Å²) in [5.41, 5.74) is 4.47. The minimum atomic E-state index is -4.78. The molecule has 21 heavy (non-hydrogen) atoms. The van der Waals surface area contributed by atoms with Gasteiger partial charge in [-0.1, -0.05) is 19.9 Å². The lowest BCUT2D eigenvalue weighted by molar-refractivity contribution is -0.140. The van der Waals surface area contributed by atoms with Crippen molar-refractivity contribution in [1.29, 1.82) is 0 Å². The summed E-state index contributed by atoms with van der Waals surface area (Å²) in [7, 11) is 0. The van der Waals surface area contributed by atoms with Gasteiger partial charge in [-0.3, -0.25) is 0 Å². The quantitative estimate of drug-likeness (QED) is 0.800. The maximum Gasteiger partial charge on any atom is 0.419 e. The number of aliphatic hydroxyl groups excluding tert-OH is 1. The van der Waals surface area contributed by atoms with Crippen molar-refractivity contribution < 1.29 is 22.7 Å². The summed E-state index contributed by atoms with van der Waals surface area (Å²) in [5.74, 6) is -0.985. The molecule has 1 aromatic rings. The van der Waals surface area contributed by atoms with Crippen molar-refractivity contribution in [2.24, 2.45) is 11.7 Å². The van der Waals surface area contributed by atoms with Crippen LogP contribution in [0.4, 0.5) is 17.6 Å². The number of nitrogens with two attached hydrogens (primary N) is 1. The monoisotopic (exact) mass is 329 g/mol. The zero-order valence-electron chi connectivity index (χ0n) is 11.8. The zero-order chi connectivity index (χ0) is 15.5. The first-order chi connectivity index (χ1) is 9.12. The molecule has 0 spiro atoms. The Morgan fingerprint density at radius 3 is 2.24 bits per heavy atom. The van der Waals surface area contributed by atoms with E-state index in [0.717, 1.165) is 6.07 Å². The van der Waals surface area contributed by atoms with Crippen molar-refractivity contribution in [3.05, 3.63) is 35.1 Å². The predicted octanol–water partition coefficient (Wildman–Crippen LogP) is 4.06. The molecule has 3 N–H and O–H groups in total. The summed E-state index contributed by atoms with van der Waals surface area (Å²) in [6, 6.07) is 1.61. The lowest BCUT2D eigenvalue weighted by Crippen LogP contribution is -2.27. The molecule has 0 radical (unpaired) electrons. The van der Waals surface area contributed by atoms with Crippen LogP contribution in [0.25, 0.3) is 0 Å². The van der Waals surface area contributed by atoms with Crippen molar-refractivity contribution in [3.63, 3.8) is 0 Å². The summed E-state index contributed by atoms with van der Waals surface area (Å²) < 4.78 is 51.0. The summed E-state index contributed by atoms with van der Waals surface area (Å²) in [5, 5.41) is 9.88. The second-order valence-corrected chi connectivity index (χ2v) is 5.30. The van der Waals surface area contributed by atoms with Crippen LogP contribution in [0, 0.1) is 11.7 Å². The zero-order valence-corrected chi connectivity index (χ0v) is 12.6. The van der Waals surface area contributed by atoms with Gasteiger partial charge in [-0.2, -0.15) is 13.2 Å². The van der Waals surface area contributed by atoms with Gasteiger partial charge in [-0.05, 0) is 36.5 Å². The normalized spacial score (nSPS) is 14.7. The van der Waals surface area contributed by atoms with Crippen molar-refractivity contribution in [2.45, 2.75) is 45.0 Å². The van der Waals surface area contributed by atoms with Crippen LogP contribution in [-0.2, 0) is 6.18 Å². The second-order valence-electron chi connectivity index (χ2n) is 5.30. The third-order valence-electron chi connectivity index (χ3n) is 3.14. The third-order valence-corrected chi connectivity index (χ3v) is 3.14. The third kappa shape index (κ3) is 5.80. The standard InChI is InChI=1S/C14H19F4NO.ClH/c1-8(2)3-6-12(20)13(19)9-4-5-11(15)10(7-9)14(16,17)18;/h4-5,7-8,12-13,20H,3,6,19H2,1-2H3;1H/t12-,13+;/m0./s1. The molecule has 122 valence electrons. The van der Waals surface area contributed by atoms with E-state index in [4.69, 9.17) is 5.73 Å². The average molecular weight is 330 g/mol. The molecule has 0 aliphatic rings. The molecule has 0 aliphatic heterocycles. The molecule has 0 amide bonds. The second kappa shape index (κ2) is 7.96. The van der Waals surface area contributed by atoms with Crippen LogP contribution >= 0.6 is 12.4 Å². The molecular formula is C14H20ClF4NO. The fraction of sp³-hybridized carbons (Fsp3) is 0.571. The van der Waals surface area contributed by atoms with Gasteiger partial charge in [0.05, 0.1) is 17.7 Å². The van der Waals surface area contributed by atoms with Gasteiger partial charge in [-0.25, -0.2) is 4.39 Å². The Hall–Kier alpha value is -0.850. The molecule has 0 unspecified atom stereocenters. The van der Waals surface area contributed by atoms with Crippen molar-refractivity contribution in [2.75, 3.05) is 0 Å². The minimum Gasteiger partial charge on any atom is -0.391 e. The van der Waals surface area contributed by atoms with Crippen LogP contribution in [0.5, 0.6) is 0 Å². The molecule has 0 heterocycles. The Labute approximate surface area is 127 Å². The Balaban J connectivity index is 0.00000400. The van der Waals surface area contributed by atoms with E-state index >= 15 is 0 Å². The molecule has 7 heteroatoms. The largest absolute Gasteiger partial charge is 0.419 e. The van der Waals surface area contributed by atoms with Gasteiger partial charge in [0.25, 0.3) is 0 Å². The SMILES string of the molecule is CC(C)CC[C@H](O)[C@H](N)c1ccc(F)c(C(F)(F)F)c1.Cl. The smallest absolute Gasteiger partial charge is 0.391 e. The molecule has 0 bridgehead atoms. The van der Waals surface area contributed by atoms with Gasteiger partial charge in [0.2, 0.25) is 0 Å². The Morgan fingerprint density at radius 1 is 1.19 bits per heavy atom. The van der Waals surface area contributed by atoms with E-state index in [2.05, 4.69) is 0 Å². The van der Waals surface area contributed by atoms with E-state index in [1.54, 1.807) is 0 Å². The van der Waals surface area contributed by atoms with E-state index in [1.807, 2.05) is 13.8 Å². The molecule has 0 fully saturated rings. The number of hydrogen-bond donors (Lipinski definition) is 2. The van der Waals surface area contributed by atoms with Gasteiger partial charge < -0.3 is 10.8 Å². The highest BCUT2D eigenvalue weighted by Gasteiger charge is 2.34. The van der Waals surface area contributed by atoms with Gasteiger partial charge in [0.15, 0.2) is 0 Å². The number of halogens is 5. The Morgan fingerprint density at radius 2 is 1.76 bits per heavy atom. The molecule has 2 atom stereocenters. The Bertz CT molecular complexity index is 451. The Kier molecular flexibility index (Phi) is 7.64. The van der Waals surface area contributed by atoms with Crippen LogP contribution in [0.3, 0.4) is 0 Å². The predicted molar refractivity (Wildman–Crippen MR) is 75.7 cm³/mol. The first-order valence-electron chi connectivity index (χ1n) is 6.43. The highest BCUT2D eigenvalue weighted by Crippen LogP contribution is 2.33. The van der Waals surface area contributed by atoms with Crippen LogP contribution in [0.1, 0.15) is 43.9 Å². The molecule has 0 saturated heterocycles. The maximum absolute atomic E-state index is 13.2. The number of hydrogen-bond acceptors (Lipinski definition) is 2. The van der Waals surface area contributed by atoms with E-state index in [1.165, 1.54) is 6.07 Å². The van der Waals surface area contributed by atoms with Gasteiger partial charge in [0.1, 0.15) is 5.82 Å². The van der Waals surface area contributed by atoms with E-state index < -0.39 is 29.7 Å². The van der Waals surface area contributed by atoms with E-state index in [9.17, 15) is 22.7 Å². The van der Waals surface area contributed by atoms with Gasteiger partial charge >= 0.3 is 6.18 Å².